The molecule has 2 N–H and O–H groups in total. The van der Waals surface area contributed by atoms with Crippen LogP contribution in [0.1, 0.15) is 16.7 Å². The van der Waals surface area contributed by atoms with Gasteiger partial charge in [0.05, 0.1) is 6.61 Å². The van der Waals surface area contributed by atoms with Crippen molar-refractivity contribution in [2.45, 2.75) is 12.2 Å². The summed E-state index contributed by atoms with van der Waals surface area (Å²) in [5.41, 5.74) is 0.283. The molecule has 0 fully saturated rings. The fourth-order valence-electron chi connectivity index (χ4n) is 2.31. The average molecular weight is 282 g/mol. The Morgan fingerprint density at radius 3 is 2.38 bits per heavy atom. The Labute approximate surface area is 122 Å². The molecule has 2 aromatic carbocycles. The number of fused-ring (bicyclic) bond motifs is 1. The van der Waals surface area contributed by atoms with Crippen LogP contribution in [-0.4, -0.2) is 17.0 Å². The molecule has 0 aliphatic carbocycles. The molecular formula is C17H14O4. The van der Waals surface area contributed by atoms with Crippen LogP contribution >= 0.6 is 0 Å². The van der Waals surface area contributed by atoms with Crippen LogP contribution in [0.3, 0.4) is 0 Å². The second-order valence-electron chi connectivity index (χ2n) is 4.78. The van der Waals surface area contributed by atoms with Crippen molar-refractivity contribution in [3.05, 3.63) is 59.2 Å². The molecule has 1 aliphatic rings. The highest BCUT2D eigenvalue weighted by Crippen LogP contribution is 2.38. The van der Waals surface area contributed by atoms with Gasteiger partial charge in [-0.3, -0.25) is 0 Å². The lowest BCUT2D eigenvalue weighted by molar-refractivity contribution is 0.144. The molecule has 0 bridgehead atoms. The molecule has 3 rings (SSSR count). The van der Waals surface area contributed by atoms with Crippen LogP contribution in [-0.2, 0) is 12.2 Å². The fraction of sp³-hybridized carbons (Fsp3) is 0.176. The second kappa shape index (κ2) is 5.13. The average Bonchev–Trinajstić information content (AvgIpc) is 3.01. The predicted octanol–water partition coefficient (Wildman–Crippen LogP) is 1.78. The first-order valence-electron chi connectivity index (χ1n) is 6.48. The van der Waals surface area contributed by atoms with Gasteiger partial charge in [-0.05, 0) is 17.7 Å². The van der Waals surface area contributed by atoms with Crippen molar-refractivity contribution in [2.75, 3.05) is 6.79 Å². The molecule has 1 heterocycles. The lowest BCUT2D eigenvalue weighted by Crippen LogP contribution is -2.25. The number of aliphatic hydroxyl groups excluding tert-OH is 1. The van der Waals surface area contributed by atoms with Gasteiger partial charge in [0, 0.05) is 11.1 Å². The van der Waals surface area contributed by atoms with Gasteiger partial charge in [0.2, 0.25) is 6.79 Å². The number of hydrogen-bond acceptors (Lipinski definition) is 4. The van der Waals surface area contributed by atoms with E-state index in [1.807, 2.05) is 0 Å². The van der Waals surface area contributed by atoms with Crippen LogP contribution in [0.2, 0.25) is 0 Å². The zero-order valence-electron chi connectivity index (χ0n) is 11.2. The first-order chi connectivity index (χ1) is 10.2. The minimum absolute atomic E-state index is 0.0568. The molecular weight excluding hydrogens is 268 g/mol. The summed E-state index contributed by atoms with van der Waals surface area (Å²) in [5.74, 6) is 3.63. The minimum atomic E-state index is -1.56. The van der Waals surface area contributed by atoms with Crippen LogP contribution in [0.4, 0.5) is 0 Å². The number of aliphatic hydroxyl groups is 2. The lowest BCUT2D eigenvalue weighted by Gasteiger charge is -2.23. The van der Waals surface area contributed by atoms with E-state index in [0.717, 1.165) is 5.56 Å². The van der Waals surface area contributed by atoms with Gasteiger partial charge < -0.3 is 19.7 Å². The van der Waals surface area contributed by atoms with Crippen LogP contribution in [0.5, 0.6) is 11.5 Å². The largest absolute Gasteiger partial charge is 0.454 e. The van der Waals surface area contributed by atoms with Crippen LogP contribution in [0.15, 0.2) is 42.5 Å². The van der Waals surface area contributed by atoms with Crippen LogP contribution in [0, 0.1) is 12.3 Å². The van der Waals surface area contributed by atoms with Crippen molar-refractivity contribution >= 4 is 0 Å². The van der Waals surface area contributed by atoms with E-state index in [2.05, 4.69) is 5.92 Å². The number of benzene rings is 2. The maximum atomic E-state index is 10.9. The predicted molar refractivity (Wildman–Crippen MR) is 76.8 cm³/mol. The molecule has 1 atom stereocenters. The molecule has 1 unspecified atom stereocenters. The third-order valence-electron chi connectivity index (χ3n) is 3.55. The molecule has 0 aromatic heterocycles. The van der Waals surface area contributed by atoms with E-state index in [1.165, 1.54) is 0 Å². The van der Waals surface area contributed by atoms with Crippen molar-refractivity contribution < 1.29 is 19.7 Å². The Kier molecular flexibility index (Phi) is 3.30. The van der Waals surface area contributed by atoms with E-state index in [-0.39, 0.29) is 13.4 Å². The SMILES string of the molecule is C#CC(O)(c1ccc(CO)cc1)c1ccc2c(c1)OCO2. The normalized spacial score (nSPS) is 15.3. The first kappa shape index (κ1) is 13.5. The maximum Gasteiger partial charge on any atom is 0.231 e. The fourth-order valence-corrected chi connectivity index (χ4v) is 2.31. The van der Waals surface area contributed by atoms with Gasteiger partial charge in [0.1, 0.15) is 0 Å². The molecule has 0 saturated carbocycles. The molecule has 4 heteroatoms. The van der Waals surface area contributed by atoms with Crippen molar-refractivity contribution in [1.29, 1.82) is 0 Å². The summed E-state index contributed by atoms with van der Waals surface area (Å²) in [6.07, 6.45) is 5.57. The van der Waals surface area contributed by atoms with E-state index in [9.17, 15) is 5.11 Å². The van der Waals surface area contributed by atoms with Gasteiger partial charge in [0.15, 0.2) is 17.1 Å². The summed E-state index contributed by atoms with van der Waals surface area (Å²) >= 11 is 0. The standard InChI is InChI=1S/C17H14O4/c1-2-17(19,13-5-3-12(10-18)4-6-13)14-7-8-15-16(9-14)21-11-20-15/h1,3-9,18-19H,10-11H2. The summed E-state index contributed by atoms with van der Waals surface area (Å²) in [6, 6.07) is 12.0. The highest BCUT2D eigenvalue weighted by atomic mass is 16.7. The van der Waals surface area contributed by atoms with Crippen molar-refractivity contribution in [3.63, 3.8) is 0 Å². The second-order valence-corrected chi connectivity index (χ2v) is 4.78. The Bertz CT molecular complexity index is 700. The highest BCUT2D eigenvalue weighted by Gasteiger charge is 2.31. The molecule has 106 valence electrons. The van der Waals surface area contributed by atoms with Gasteiger partial charge >= 0.3 is 0 Å². The van der Waals surface area contributed by atoms with Crippen molar-refractivity contribution in [3.8, 4) is 23.8 Å². The third kappa shape index (κ3) is 2.23. The van der Waals surface area contributed by atoms with Gasteiger partial charge in [-0.2, -0.15) is 0 Å². The molecule has 0 amide bonds. The van der Waals surface area contributed by atoms with Gasteiger partial charge in [-0.25, -0.2) is 0 Å². The summed E-state index contributed by atoms with van der Waals surface area (Å²) < 4.78 is 10.6. The topological polar surface area (TPSA) is 58.9 Å². The van der Waals surface area contributed by atoms with E-state index in [1.54, 1.807) is 42.5 Å². The summed E-state index contributed by atoms with van der Waals surface area (Å²) in [4.78, 5) is 0. The van der Waals surface area contributed by atoms with Gasteiger partial charge in [0.25, 0.3) is 0 Å². The Morgan fingerprint density at radius 2 is 1.71 bits per heavy atom. The Hall–Kier alpha value is -2.48. The van der Waals surface area contributed by atoms with Crippen molar-refractivity contribution in [2.24, 2.45) is 0 Å². The van der Waals surface area contributed by atoms with Crippen LogP contribution in [0.25, 0.3) is 0 Å². The zero-order valence-corrected chi connectivity index (χ0v) is 11.2. The summed E-state index contributed by atoms with van der Waals surface area (Å²) in [6.45, 7) is 0.108. The summed E-state index contributed by atoms with van der Waals surface area (Å²) in [5, 5.41) is 19.9. The molecule has 1 aliphatic heterocycles. The smallest absolute Gasteiger partial charge is 0.231 e. The van der Waals surface area contributed by atoms with Crippen molar-refractivity contribution in [1.82, 2.24) is 0 Å². The number of rotatable bonds is 3. The molecule has 0 radical (unpaired) electrons. The van der Waals surface area contributed by atoms with E-state index in [0.29, 0.717) is 22.6 Å². The summed E-state index contributed by atoms with van der Waals surface area (Å²) in [7, 11) is 0. The first-order valence-corrected chi connectivity index (χ1v) is 6.48. The number of ether oxygens (including phenoxy) is 2. The van der Waals surface area contributed by atoms with E-state index >= 15 is 0 Å². The quantitative estimate of drug-likeness (QED) is 0.843. The Balaban J connectivity index is 2.04. The molecule has 0 spiro atoms. The monoisotopic (exact) mass is 282 g/mol. The van der Waals surface area contributed by atoms with E-state index < -0.39 is 5.60 Å². The molecule has 0 saturated heterocycles. The molecule has 21 heavy (non-hydrogen) atoms. The number of terminal acetylenes is 1. The highest BCUT2D eigenvalue weighted by molar-refractivity contribution is 5.51. The van der Waals surface area contributed by atoms with Gasteiger partial charge in [-0.1, -0.05) is 36.3 Å². The van der Waals surface area contributed by atoms with Gasteiger partial charge in [-0.15, -0.1) is 6.42 Å². The zero-order chi connectivity index (χ0) is 14.9. The van der Waals surface area contributed by atoms with E-state index in [4.69, 9.17) is 21.0 Å². The molecule has 4 nitrogen and oxygen atoms in total. The minimum Gasteiger partial charge on any atom is -0.454 e. The third-order valence-corrected chi connectivity index (χ3v) is 3.55. The maximum absolute atomic E-state index is 10.9. The van der Waals surface area contributed by atoms with Crippen LogP contribution < -0.4 is 9.47 Å². The number of hydrogen-bond donors (Lipinski definition) is 2. The Morgan fingerprint density at radius 1 is 1.05 bits per heavy atom. The lowest BCUT2D eigenvalue weighted by atomic mass is 9.86. The molecule has 2 aromatic rings.